The Bertz CT molecular complexity index is 871. The molecule has 1 aromatic rings. The first-order chi connectivity index (χ1) is 12.2. The average Bonchev–Trinajstić information content (AvgIpc) is 2.97. The van der Waals surface area contributed by atoms with Crippen molar-refractivity contribution in [2.45, 2.75) is 30.6 Å². The summed E-state index contributed by atoms with van der Waals surface area (Å²) in [5.41, 5.74) is 0.677. The van der Waals surface area contributed by atoms with Crippen molar-refractivity contribution in [2.75, 3.05) is 16.4 Å². The number of halogens is 1. The first kappa shape index (κ1) is 19.2. The van der Waals surface area contributed by atoms with E-state index >= 15 is 0 Å². The second kappa shape index (κ2) is 7.58. The minimum absolute atomic E-state index is 0.00489. The molecule has 0 saturated carbocycles. The predicted octanol–water partition coefficient (Wildman–Crippen LogP) is 0.862. The van der Waals surface area contributed by atoms with Crippen molar-refractivity contribution in [3.05, 3.63) is 29.3 Å². The lowest BCUT2D eigenvalue weighted by Crippen LogP contribution is -2.37. The number of amides is 1. The smallest absolute Gasteiger partial charge is 0.248 e. The van der Waals surface area contributed by atoms with E-state index in [1.165, 1.54) is 11.8 Å². The first-order valence-corrected chi connectivity index (χ1v) is 11.1. The summed E-state index contributed by atoms with van der Waals surface area (Å²) in [7, 11) is -3.14. The number of fused-ring (bicyclic) bond motifs is 1. The zero-order valence-electron chi connectivity index (χ0n) is 13.6. The maximum absolute atomic E-state index is 12.1. The normalized spacial score (nSPS) is 25.4. The first-order valence-electron chi connectivity index (χ1n) is 7.98. The summed E-state index contributed by atoms with van der Waals surface area (Å²) in [5.74, 6) is -1.61. The molecule has 2 fully saturated rings. The fourth-order valence-corrected chi connectivity index (χ4v) is 7.15. The largest absolute Gasteiger partial charge is 0.550 e. The van der Waals surface area contributed by atoms with E-state index in [1.54, 1.807) is 29.2 Å². The SMILES string of the molecule is O=C([O-])CCCC(=O)N=C1S[C@H]2CS(=O)(=O)C[C@H]2N1c1cccc(Cl)c1. The number of benzene rings is 1. The van der Waals surface area contributed by atoms with Gasteiger partial charge in [-0.2, -0.15) is 4.99 Å². The number of aliphatic imine (C=N–C) groups is 1. The van der Waals surface area contributed by atoms with Crippen molar-refractivity contribution < 1.29 is 23.1 Å². The molecule has 7 nitrogen and oxygen atoms in total. The molecule has 1 amide bonds. The maximum atomic E-state index is 12.1. The third-order valence-electron chi connectivity index (χ3n) is 4.14. The van der Waals surface area contributed by atoms with E-state index in [4.69, 9.17) is 11.6 Å². The monoisotopic (exact) mass is 415 g/mol. The van der Waals surface area contributed by atoms with Gasteiger partial charge in [0.15, 0.2) is 15.0 Å². The van der Waals surface area contributed by atoms with Crippen LogP contribution in [0.4, 0.5) is 5.69 Å². The van der Waals surface area contributed by atoms with Crippen LogP contribution < -0.4 is 10.0 Å². The number of aliphatic carboxylic acids is 1. The van der Waals surface area contributed by atoms with Crippen LogP contribution in [0.5, 0.6) is 0 Å². The topological polar surface area (TPSA) is 107 Å². The van der Waals surface area contributed by atoms with Crippen LogP contribution in [0.1, 0.15) is 19.3 Å². The molecular weight excluding hydrogens is 400 g/mol. The summed E-state index contributed by atoms with van der Waals surface area (Å²) < 4.78 is 24.0. The van der Waals surface area contributed by atoms with E-state index in [0.717, 1.165) is 0 Å². The van der Waals surface area contributed by atoms with Gasteiger partial charge in [-0.05, 0) is 31.0 Å². The molecule has 3 rings (SSSR count). The summed E-state index contributed by atoms with van der Waals surface area (Å²) in [6.07, 6.45) is -0.0543. The zero-order valence-corrected chi connectivity index (χ0v) is 16.0. The molecule has 0 spiro atoms. The van der Waals surface area contributed by atoms with Crippen molar-refractivity contribution in [2.24, 2.45) is 4.99 Å². The molecule has 140 valence electrons. The minimum atomic E-state index is -3.14. The number of sulfone groups is 1. The third kappa shape index (κ3) is 4.39. The third-order valence-corrected chi connectivity index (χ3v) is 7.59. The van der Waals surface area contributed by atoms with Gasteiger partial charge in [0.05, 0.1) is 17.5 Å². The zero-order chi connectivity index (χ0) is 18.9. The molecule has 2 atom stereocenters. The van der Waals surface area contributed by atoms with Crippen molar-refractivity contribution in [3.63, 3.8) is 0 Å². The minimum Gasteiger partial charge on any atom is -0.550 e. The number of carbonyl (C=O) groups is 2. The van der Waals surface area contributed by atoms with Gasteiger partial charge < -0.3 is 14.8 Å². The number of thioether (sulfide) groups is 1. The molecule has 0 aliphatic carbocycles. The van der Waals surface area contributed by atoms with E-state index in [0.29, 0.717) is 15.9 Å². The lowest BCUT2D eigenvalue weighted by molar-refractivity contribution is -0.305. The lowest BCUT2D eigenvalue weighted by Gasteiger charge is -2.24. The highest BCUT2D eigenvalue weighted by molar-refractivity contribution is 8.16. The van der Waals surface area contributed by atoms with Crippen molar-refractivity contribution in [1.82, 2.24) is 0 Å². The molecule has 2 heterocycles. The second-order valence-electron chi connectivity index (χ2n) is 6.16. The number of nitrogens with zero attached hydrogens (tertiary/aromatic N) is 2. The molecule has 10 heteroatoms. The van der Waals surface area contributed by atoms with Gasteiger partial charge in [-0.3, -0.25) is 4.79 Å². The molecular formula is C16H16ClN2O5S2-. The Labute approximate surface area is 160 Å². The predicted molar refractivity (Wildman–Crippen MR) is 99.1 cm³/mol. The van der Waals surface area contributed by atoms with Gasteiger partial charge >= 0.3 is 0 Å². The Morgan fingerprint density at radius 1 is 1.31 bits per heavy atom. The number of hydrogen-bond donors (Lipinski definition) is 0. The highest BCUT2D eigenvalue weighted by atomic mass is 35.5. The standard InChI is InChI=1S/C16H17ClN2O5S2/c17-10-3-1-4-11(7-10)19-12-8-26(23,24)9-13(12)25-16(19)18-14(20)5-2-6-15(21)22/h1,3-4,7,12-13H,2,5-6,8-9H2,(H,21,22)/p-1/t12-,13+/m1/s1. The Kier molecular flexibility index (Phi) is 5.59. The Hall–Kier alpha value is -1.58. The molecule has 0 unspecified atom stereocenters. The number of amidine groups is 1. The van der Waals surface area contributed by atoms with Crippen LogP contribution >= 0.6 is 23.4 Å². The van der Waals surface area contributed by atoms with Gasteiger partial charge in [0.2, 0.25) is 5.91 Å². The molecule has 2 aliphatic heterocycles. The van der Waals surface area contributed by atoms with E-state index in [-0.39, 0.29) is 42.1 Å². The Balaban J connectivity index is 1.85. The van der Waals surface area contributed by atoms with Crippen LogP contribution in [0.2, 0.25) is 5.02 Å². The number of hydrogen-bond acceptors (Lipinski definition) is 6. The van der Waals surface area contributed by atoms with E-state index < -0.39 is 21.7 Å². The molecule has 0 aromatic heterocycles. The summed E-state index contributed by atoms with van der Waals surface area (Å²) in [4.78, 5) is 28.4. The van der Waals surface area contributed by atoms with Crippen LogP contribution in [-0.4, -0.2) is 48.3 Å². The molecule has 2 saturated heterocycles. The van der Waals surface area contributed by atoms with Gasteiger partial charge in [-0.1, -0.05) is 29.4 Å². The highest BCUT2D eigenvalue weighted by Crippen LogP contribution is 2.41. The number of carbonyl (C=O) groups excluding carboxylic acids is 2. The van der Waals surface area contributed by atoms with Crippen LogP contribution in [0.15, 0.2) is 29.3 Å². The summed E-state index contributed by atoms with van der Waals surface area (Å²) >= 11 is 7.32. The fourth-order valence-electron chi connectivity index (χ4n) is 3.04. The number of anilines is 1. The van der Waals surface area contributed by atoms with Crippen LogP contribution in [0, 0.1) is 0 Å². The van der Waals surface area contributed by atoms with Gasteiger partial charge in [-0.25, -0.2) is 8.42 Å². The molecule has 1 aromatic carbocycles. The lowest BCUT2D eigenvalue weighted by atomic mass is 10.2. The molecule has 0 N–H and O–H groups in total. The van der Waals surface area contributed by atoms with E-state index in [2.05, 4.69) is 4.99 Å². The highest BCUT2D eigenvalue weighted by Gasteiger charge is 2.49. The summed E-state index contributed by atoms with van der Waals surface area (Å²) in [6, 6.07) is 6.64. The molecule has 2 aliphatic rings. The van der Waals surface area contributed by atoms with Crippen molar-refractivity contribution in [1.29, 1.82) is 0 Å². The fraction of sp³-hybridized carbons (Fsp3) is 0.438. The quantitative estimate of drug-likeness (QED) is 0.701. The van der Waals surface area contributed by atoms with E-state index in [9.17, 15) is 23.1 Å². The molecule has 0 bridgehead atoms. The van der Waals surface area contributed by atoms with Crippen LogP contribution in [-0.2, 0) is 19.4 Å². The number of carboxylic acid groups (broad SMARTS) is 1. The van der Waals surface area contributed by atoms with Crippen LogP contribution in [0.3, 0.4) is 0 Å². The van der Waals surface area contributed by atoms with Gasteiger partial charge in [-0.15, -0.1) is 0 Å². The van der Waals surface area contributed by atoms with Gasteiger partial charge in [0, 0.05) is 28.4 Å². The van der Waals surface area contributed by atoms with Crippen molar-refractivity contribution >= 4 is 55.9 Å². The summed E-state index contributed by atoms with van der Waals surface area (Å²) in [6.45, 7) is 0. The molecule has 26 heavy (non-hydrogen) atoms. The second-order valence-corrected chi connectivity index (χ2v) is 9.96. The van der Waals surface area contributed by atoms with Gasteiger partial charge in [0.25, 0.3) is 0 Å². The van der Waals surface area contributed by atoms with Crippen LogP contribution in [0.25, 0.3) is 0 Å². The number of rotatable bonds is 5. The van der Waals surface area contributed by atoms with E-state index in [1.807, 2.05) is 0 Å². The molecule has 0 radical (unpaired) electrons. The maximum Gasteiger partial charge on any atom is 0.248 e. The Morgan fingerprint density at radius 2 is 2.08 bits per heavy atom. The average molecular weight is 416 g/mol. The summed E-state index contributed by atoms with van der Waals surface area (Å²) in [5, 5.41) is 11.2. The number of carboxylic acids is 1. The Morgan fingerprint density at radius 3 is 2.77 bits per heavy atom. The van der Waals surface area contributed by atoms with Gasteiger partial charge in [0.1, 0.15) is 0 Å². The van der Waals surface area contributed by atoms with Crippen molar-refractivity contribution in [3.8, 4) is 0 Å².